The van der Waals surface area contributed by atoms with Crippen molar-refractivity contribution in [2.45, 2.75) is 12.7 Å². The predicted molar refractivity (Wildman–Crippen MR) is 81.9 cm³/mol. The van der Waals surface area contributed by atoms with E-state index < -0.39 is 0 Å². The van der Waals surface area contributed by atoms with E-state index in [-0.39, 0.29) is 11.9 Å². The van der Waals surface area contributed by atoms with E-state index in [1.165, 1.54) is 6.07 Å². The summed E-state index contributed by atoms with van der Waals surface area (Å²) in [6, 6.07) is 14.6. The molecule has 0 amide bonds. The maximum Gasteiger partial charge on any atom is 0.129 e. The average Bonchev–Trinajstić information content (AvgIpc) is 2.43. The number of benzene rings is 2. The zero-order valence-electron chi connectivity index (χ0n) is 10.2. The maximum atomic E-state index is 13.7. The average molecular weight is 388 g/mol. The van der Waals surface area contributed by atoms with Gasteiger partial charge in [0.15, 0.2) is 0 Å². The molecule has 0 heterocycles. The second-order valence-electron chi connectivity index (χ2n) is 4.10. The molecule has 4 heteroatoms. The van der Waals surface area contributed by atoms with Gasteiger partial charge in [0.05, 0.1) is 12.7 Å². The summed E-state index contributed by atoms with van der Waals surface area (Å²) in [5.74, 6) is -0.234. The lowest BCUT2D eigenvalue weighted by atomic mass is 10.1. The molecule has 19 heavy (non-hydrogen) atoms. The number of alkyl halides is 1. The first-order valence-electron chi connectivity index (χ1n) is 5.87. The van der Waals surface area contributed by atoms with Gasteiger partial charge in [-0.3, -0.25) is 0 Å². The molecule has 0 saturated heterocycles. The highest BCUT2D eigenvalue weighted by atomic mass is 79.9. The van der Waals surface area contributed by atoms with E-state index in [1.54, 1.807) is 12.1 Å². The summed E-state index contributed by atoms with van der Waals surface area (Å²) in [5, 5.41) is 0.560. The van der Waals surface area contributed by atoms with Gasteiger partial charge in [-0.25, -0.2) is 4.39 Å². The molecular formula is C15H13Br2FO. The molecule has 0 aromatic heterocycles. The van der Waals surface area contributed by atoms with Gasteiger partial charge in [0.2, 0.25) is 0 Å². The summed E-state index contributed by atoms with van der Waals surface area (Å²) in [6.07, 6.45) is -0.287. The Morgan fingerprint density at radius 3 is 2.37 bits per heavy atom. The molecule has 0 aliphatic carbocycles. The standard InChI is InChI=1S/C15H13Br2FO/c16-9-15(13-3-1-2-4-14(13)18)19-10-11-5-7-12(17)8-6-11/h1-8,15H,9-10H2. The van der Waals surface area contributed by atoms with Crippen molar-refractivity contribution in [3.63, 3.8) is 0 Å². The lowest BCUT2D eigenvalue weighted by Gasteiger charge is -2.16. The van der Waals surface area contributed by atoms with Crippen LogP contribution in [0, 0.1) is 5.82 Å². The molecule has 0 N–H and O–H groups in total. The number of ether oxygens (including phenoxy) is 1. The van der Waals surface area contributed by atoms with Crippen molar-refractivity contribution in [2.24, 2.45) is 0 Å². The van der Waals surface area contributed by atoms with Gasteiger partial charge in [-0.1, -0.05) is 62.2 Å². The van der Waals surface area contributed by atoms with Crippen molar-refractivity contribution < 1.29 is 9.13 Å². The van der Waals surface area contributed by atoms with Crippen LogP contribution in [0.2, 0.25) is 0 Å². The molecule has 2 aromatic rings. The minimum Gasteiger partial charge on any atom is -0.368 e. The van der Waals surface area contributed by atoms with Gasteiger partial charge in [0, 0.05) is 15.4 Å². The van der Waals surface area contributed by atoms with Gasteiger partial charge < -0.3 is 4.74 Å². The number of rotatable bonds is 5. The predicted octanol–water partition coefficient (Wildman–Crippen LogP) is 5.24. The topological polar surface area (TPSA) is 9.23 Å². The molecule has 0 aliphatic rings. The van der Waals surface area contributed by atoms with Crippen LogP contribution in [0.5, 0.6) is 0 Å². The number of hydrogen-bond donors (Lipinski definition) is 0. The molecule has 1 nitrogen and oxygen atoms in total. The largest absolute Gasteiger partial charge is 0.368 e. The lowest BCUT2D eigenvalue weighted by molar-refractivity contribution is 0.0542. The first-order chi connectivity index (χ1) is 9.20. The van der Waals surface area contributed by atoms with E-state index in [4.69, 9.17) is 4.74 Å². The third kappa shape index (κ3) is 4.13. The third-order valence-corrected chi connectivity index (χ3v) is 3.87. The molecule has 0 radical (unpaired) electrons. The van der Waals surface area contributed by atoms with E-state index in [9.17, 15) is 4.39 Å². The Morgan fingerprint density at radius 2 is 1.74 bits per heavy atom. The summed E-state index contributed by atoms with van der Waals surface area (Å²) >= 11 is 6.76. The van der Waals surface area contributed by atoms with Crippen LogP contribution >= 0.6 is 31.9 Å². The minimum atomic E-state index is -0.287. The van der Waals surface area contributed by atoms with Crippen LogP contribution in [-0.4, -0.2) is 5.33 Å². The van der Waals surface area contributed by atoms with Crippen LogP contribution in [0.1, 0.15) is 17.2 Å². The minimum absolute atomic E-state index is 0.234. The molecule has 2 aromatic carbocycles. The van der Waals surface area contributed by atoms with Crippen molar-refractivity contribution in [3.8, 4) is 0 Å². The SMILES string of the molecule is Fc1ccccc1C(CBr)OCc1ccc(Br)cc1. The molecule has 1 atom stereocenters. The fourth-order valence-electron chi connectivity index (χ4n) is 1.73. The first-order valence-corrected chi connectivity index (χ1v) is 7.78. The van der Waals surface area contributed by atoms with Crippen LogP contribution in [0.3, 0.4) is 0 Å². The molecule has 0 saturated carbocycles. The molecular weight excluding hydrogens is 375 g/mol. The van der Waals surface area contributed by atoms with Crippen molar-refractivity contribution in [2.75, 3.05) is 5.33 Å². The van der Waals surface area contributed by atoms with Crippen molar-refractivity contribution >= 4 is 31.9 Å². The van der Waals surface area contributed by atoms with Gasteiger partial charge in [-0.2, -0.15) is 0 Å². The van der Waals surface area contributed by atoms with Crippen LogP contribution in [0.25, 0.3) is 0 Å². The van der Waals surface area contributed by atoms with Gasteiger partial charge in [0.1, 0.15) is 5.82 Å². The summed E-state index contributed by atoms with van der Waals surface area (Å²) in [5.41, 5.74) is 1.64. The van der Waals surface area contributed by atoms with E-state index in [0.717, 1.165) is 10.0 Å². The molecule has 100 valence electrons. The van der Waals surface area contributed by atoms with E-state index in [2.05, 4.69) is 31.9 Å². The lowest BCUT2D eigenvalue weighted by Crippen LogP contribution is -2.08. The highest BCUT2D eigenvalue weighted by Crippen LogP contribution is 2.24. The maximum absolute atomic E-state index is 13.7. The smallest absolute Gasteiger partial charge is 0.129 e. The Labute approximate surface area is 129 Å². The van der Waals surface area contributed by atoms with Gasteiger partial charge in [0.25, 0.3) is 0 Å². The van der Waals surface area contributed by atoms with Crippen LogP contribution in [-0.2, 0) is 11.3 Å². The van der Waals surface area contributed by atoms with Gasteiger partial charge in [-0.15, -0.1) is 0 Å². The second-order valence-corrected chi connectivity index (χ2v) is 5.67. The van der Waals surface area contributed by atoms with Crippen molar-refractivity contribution in [3.05, 3.63) is 69.9 Å². The molecule has 0 aliphatic heterocycles. The molecule has 0 spiro atoms. The quantitative estimate of drug-likeness (QED) is 0.637. The molecule has 1 unspecified atom stereocenters. The van der Waals surface area contributed by atoms with E-state index >= 15 is 0 Å². The van der Waals surface area contributed by atoms with Gasteiger partial charge in [-0.05, 0) is 23.8 Å². The van der Waals surface area contributed by atoms with E-state index in [1.807, 2.05) is 30.3 Å². The zero-order valence-corrected chi connectivity index (χ0v) is 13.3. The number of halogens is 3. The summed E-state index contributed by atoms with van der Waals surface area (Å²) in [7, 11) is 0. The highest BCUT2D eigenvalue weighted by Gasteiger charge is 2.14. The monoisotopic (exact) mass is 386 g/mol. The van der Waals surface area contributed by atoms with Crippen molar-refractivity contribution in [1.82, 2.24) is 0 Å². The Bertz CT molecular complexity index is 528. The Kier molecular flexibility index (Phi) is 5.55. The number of hydrogen-bond acceptors (Lipinski definition) is 1. The van der Waals surface area contributed by atoms with Gasteiger partial charge >= 0.3 is 0 Å². The summed E-state index contributed by atoms with van der Waals surface area (Å²) in [6.45, 7) is 0.456. The Balaban J connectivity index is 2.04. The van der Waals surface area contributed by atoms with Crippen molar-refractivity contribution in [1.29, 1.82) is 0 Å². The Hall–Kier alpha value is -0.710. The first kappa shape index (κ1) is 14.7. The molecule has 0 fully saturated rings. The Morgan fingerprint density at radius 1 is 1.05 bits per heavy atom. The second kappa shape index (κ2) is 7.17. The summed E-state index contributed by atoms with van der Waals surface area (Å²) < 4.78 is 20.5. The zero-order chi connectivity index (χ0) is 13.7. The highest BCUT2D eigenvalue weighted by molar-refractivity contribution is 9.10. The van der Waals surface area contributed by atoms with Crippen LogP contribution < -0.4 is 0 Å². The summed E-state index contributed by atoms with van der Waals surface area (Å²) in [4.78, 5) is 0. The molecule has 2 rings (SSSR count). The molecule has 0 bridgehead atoms. The van der Waals surface area contributed by atoms with Crippen LogP contribution in [0.15, 0.2) is 53.0 Å². The van der Waals surface area contributed by atoms with Crippen LogP contribution in [0.4, 0.5) is 4.39 Å². The fraction of sp³-hybridized carbons (Fsp3) is 0.200. The third-order valence-electron chi connectivity index (χ3n) is 2.76. The fourth-order valence-corrected chi connectivity index (χ4v) is 2.53. The van der Waals surface area contributed by atoms with E-state index in [0.29, 0.717) is 17.5 Å². The normalized spacial score (nSPS) is 12.4.